The summed E-state index contributed by atoms with van der Waals surface area (Å²) in [4.78, 5) is 0. The molecule has 0 aliphatic rings. The molecule has 6 heteroatoms. The molecule has 0 heterocycles. The zero-order valence-corrected chi connectivity index (χ0v) is 4.81. The molecular formula is H2O4PdS. The average Bonchev–Trinajstić information content (AvgIpc) is 0.722. The predicted molar refractivity (Wildman–Crippen MR) is 14.2 cm³/mol. The second-order valence-corrected chi connectivity index (χ2v) is 1.34. The van der Waals surface area contributed by atoms with Gasteiger partial charge in [-0.05, 0) is 0 Å². The van der Waals surface area contributed by atoms with E-state index >= 15 is 0 Å². The van der Waals surface area contributed by atoms with E-state index in [2.05, 4.69) is 0 Å². The van der Waals surface area contributed by atoms with Crippen molar-refractivity contribution in [3.8, 4) is 0 Å². The quantitative estimate of drug-likeness (QED) is 0.406. The maximum Gasteiger partial charge on any atom is 0.394 e. The van der Waals surface area contributed by atoms with Gasteiger partial charge in [-0.2, -0.15) is 8.42 Å². The van der Waals surface area contributed by atoms with E-state index < -0.39 is 10.4 Å². The molecule has 6 heavy (non-hydrogen) atoms. The van der Waals surface area contributed by atoms with Gasteiger partial charge in [-0.15, -0.1) is 0 Å². The maximum atomic E-state index is 8.74. The Morgan fingerprint density at radius 1 is 1.17 bits per heavy atom. The van der Waals surface area contributed by atoms with E-state index in [1.807, 2.05) is 0 Å². The fourth-order valence-corrected chi connectivity index (χ4v) is 0. The van der Waals surface area contributed by atoms with Crippen molar-refractivity contribution in [2.45, 2.75) is 0 Å². The molecule has 0 aromatic heterocycles. The third-order valence-electron chi connectivity index (χ3n) is 0. The molecule has 0 spiro atoms. The van der Waals surface area contributed by atoms with Gasteiger partial charge in [0.25, 0.3) is 0 Å². The van der Waals surface area contributed by atoms with Gasteiger partial charge in [0.05, 0.1) is 0 Å². The molecule has 0 rings (SSSR count). The number of rotatable bonds is 0. The van der Waals surface area contributed by atoms with Crippen molar-refractivity contribution in [2.75, 3.05) is 0 Å². The zero-order valence-electron chi connectivity index (χ0n) is 2.44. The van der Waals surface area contributed by atoms with Crippen LogP contribution in [-0.4, -0.2) is 17.5 Å². The second kappa shape index (κ2) is 2.66. The van der Waals surface area contributed by atoms with Crippen LogP contribution >= 0.6 is 0 Å². The Balaban J connectivity index is 0. The summed E-state index contributed by atoms with van der Waals surface area (Å²) in [5.41, 5.74) is 0. The first-order valence-corrected chi connectivity index (χ1v) is 2.10. The van der Waals surface area contributed by atoms with Crippen LogP contribution in [0.2, 0.25) is 0 Å². The summed E-state index contributed by atoms with van der Waals surface area (Å²) in [6, 6.07) is 0. The van der Waals surface area contributed by atoms with Gasteiger partial charge in [0.1, 0.15) is 0 Å². The van der Waals surface area contributed by atoms with Crippen molar-refractivity contribution < 1.29 is 37.9 Å². The summed E-state index contributed by atoms with van der Waals surface area (Å²) >= 11 is 0. The van der Waals surface area contributed by atoms with Crippen LogP contribution in [0.4, 0.5) is 0 Å². The first kappa shape index (κ1) is 9.73. The molecule has 0 atom stereocenters. The largest absolute Gasteiger partial charge is 0.394 e. The Kier molecular flexibility index (Phi) is 4.32. The van der Waals surface area contributed by atoms with Crippen LogP contribution in [0.15, 0.2) is 0 Å². The van der Waals surface area contributed by atoms with E-state index in [-0.39, 0.29) is 20.4 Å². The van der Waals surface area contributed by atoms with Crippen LogP contribution < -0.4 is 0 Å². The van der Waals surface area contributed by atoms with Gasteiger partial charge in [0.2, 0.25) is 0 Å². The van der Waals surface area contributed by atoms with Crippen molar-refractivity contribution in [3.63, 3.8) is 0 Å². The van der Waals surface area contributed by atoms with Crippen molar-refractivity contribution in [1.29, 1.82) is 0 Å². The third-order valence-corrected chi connectivity index (χ3v) is 0. The second-order valence-electron chi connectivity index (χ2n) is 0.448. The SMILES string of the molecule is O=S(=O)(O)O.[Pd]. The van der Waals surface area contributed by atoms with E-state index in [1.54, 1.807) is 0 Å². The van der Waals surface area contributed by atoms with Gasteiger partial charge in [0.15, 0.2) is 0 Å². The van der Waals surface area contributed by atoms with Gasteiger partial charge in [0, 0.05) is 20.4 Å². The Morgan fingerprint density at radius 3 is 1.17 bits per heavy atom. The molecule has 2 N–H and O–H groups in total. The van der Waals surface area contributed by atoms with E-state index in [4.69, 9.17) is 17.5 Å². The average molecular weight is 204 g/mol. The predicted octanol–water partition coefficient (Wildman–Crippen LogP) is -0.655. The van der Waals surface area contributed by atoms with Crippen molar-refractivity contribution in [3.05, 3.63) is 0 Å². The normalized spacial score (nSPS) is 9.67. The van der Waals surface area contributed by atoms with Crippen LogP contribution in [-0.2, 0) is 30.8 Å². The van der Waals surface area contributed by atoms with E-state index in [1.165, 1.54) is 0 Å². The molecule has 0 aromatic carbocycles. The van der Waals surface area contributed by atoms with Crippen molar-refractivity contribution in [1.82, 2.24) is 0 Å². The van der Waals surface area contributed by atoms with E-state index in [9.17, 15) is 0 Å². The van der Waals surface area contributed by atoms with Gasteiger partial charge in [-0.1, -0.05) is 0 Å². The summed E-state index contributed by atoms with van der Waals surface area (Å²) in [7, 11) is -4.67. The Morgan fingerprint density at radius 2 is 1.17 bits per heavy atom. The fraction of sp³-hybridized carbons (Fsp3) is 0. The molecule has 0 fully saturated rings. The molecule has 0 amide bonds. The van der Waals surface area contributed by atoms with Gasteiger partial charge in [-0.3, -0.25) is 9.11 Å². The van der Waals surface area contributed by atoms with Crippen LogP contribution in [0.3, 0.4) is 0 Å². The molecule has 0 saturated heterocycles. The minimum atomic E-state index is -4.67. The molecule has 0 bridgehead atoms. The first-order valence-electron chi connectivity index (χ1n) is 0.698. The summed E-state index contributed by atoms with van der Waals surface area (Å²) < 4.78 is 31.6. The minimum Gasteiger partial charge on any atom is -0.264 e. The van der Waals surface area contributed by atoms with Crippen LogP contribution in [0.1, 0.15) is 0 Å². The molecule has 0 aliphatic carbocycles. The smallest absolute Gasteiger partial charge is 0.264 e. The molecule has 42 valence electrons. The first-order chi connectivity index (χ1) is 2.00. The van der Waals surface area contributed by atoms with Crippen LogP contribution in [0.25, 0.3) is 0 Å². The standard InChI is InChI=1S/H2O4S.Pd/c1-5(2,3)4;/h(H2,1,2,3,4);. The molecule has 4 nitrogen and oxygen atoms in total. The van der Waals surface area contributed by atoms with Gasteiger partial charge >= 0.3 is 10.4 Å². The Bertz CT molecular complexity index is 90.7. The maximum absolute atomic E-state index is 8.74. The minimum absolute atomic E-state index is 0. The van der Waals surface area contributed by atoms with Crippen molar-refractivity contribution >= 4 is 10.4 Å². The number of hydrogen-bond donors (Lipinski definition) is 2. The van der Waals surface area contributed by atoms with Gasteiger partial charge < -0.3 is 0 Å². The third kappa shape index (κ3) is 200. The topological polar surface area (TPSA) is 74.6 Å². The molecule has 0 aromatic rings. The monoisotopic (exact) mass is 204 g/mol. The Labute approximate surface area is 48.8 Å². The fourth-order valence-electron chi connectivity index (χ4n) is 0. The molecule has 0 unspecified atom stereocenters. The zero-order chi connectivity index (χ0) is 4.50. The van der Waals surface area contributed by atoms with Crippen molar-refractivity contribution in [2.24, 2.45) is 0 Å². The Hall–Kier alpha value is 0.532. The summed E-state index contributed by atoms with van der Waals surface area (Å²) in [5.74, 6) is 0. The van der Waals surface area contributed by atoms with E-state index in [0.717, 1.165) is 0 Å². The van der Waals surface area contributed by atoms with Gasteiger partial charge in [-0.25, -0.2) is 0 Å². The number of hydrogen-bond acceptors (Lipinski definition) is 2. The van der Waals surface area contributed by atoms with E-state index in [0.29, 0.717) is 0 Å². The summed E-state index contributed by atoms with van der Waals surface area (Å²) in [6.07, 6.45) is 0. The molecule has 0 aliphatic heterocycles. The summed E-state index contributed by atoms with van der Waals surface area (Å²) in [5, 5.41) is 0. The molecular weight excluding hydrogens is 202 g/mol. The molecule has 0 saturated carbocycles. The molecule has 0 radical (unpaired) electrons. The van der Waals surface area contributed by atoms with Crippen LogP contribution in [0, 0.1) is 0 Å². The van der Waals surface area contributed by atoms with Crippen LogP contribution in [0.5, 0.6) is 0 Å². The summed E-state index contributed by atoms with van der Waals surface area (Å²) in [6.45, 7) is 0.